The Morgan fingerprint density at radius 3 is 2.82 bits per heavy atom. The Bertz CT molecular complexity index is 423. The van der Waals surface area contributed by atoms with Crippen LogP contribution in [-0.2, 0) is 16.0 Å². The van der Waals surface area contributed by atoms with Crippen molar-refractivity contribution >= 4 is 29.5 Å². The van der Waals surface area contributed by atoms with Gasteiger partial charge in [-0.2, -0.15) is 0 Å². The smallest absolute Gasteiger partial charge is 0.225 e. The zero-order valence-corrected chi connectivity index (χ0v) is 12.0. The van der Waals surface area contributed by atoms with Crippen LogP contribution in [0.2, 0.25) is 0 Å². The van der Waals surface area contributed by atoms with Gasteiger partial charge in [-0.1, -0.05) is 0 Å². The third kappa shape index (κ3) is 5.43. The van der Waals surface area contributed by atoms with Crippen molar-refractivity contribution in [1.82, 2.24) is 10.3 Å². The molecule has 4 nitrogen and oxygen atoms in total. The summed E-state index contributed by atoms with van der Waals surface area (Å²) in [6.07, 6.45) is 0.578. The second-order valence-electron chi connectivity index (χ2n) is 4.01. The number of nitrogens with one attached hydrogen (secondary N) is 2. The third-order valence-electron chi connectivity index (χ3n) is 2.12. The lowest BCUT2D eigenvalue weighted by Gasteiger charge is -2.08. The number of aryl methyl sites for hydroxylation is 1. The molecule has 17 heavy (non-hydrogen) atoms. The van der Waals surface area contributed by atoms with E-state index in [2.05, 4.69) is 10.3 Å². The van der Waals surface area contributed by atoms with Gasteiger partial charge >= 0.3 is 0 Å². The number of thiazole rings is 1. The van der Waals surface area contributed by atoms with E-state index in [9.17, 15) is 4.79 Å². The molecule has 0 fully saturated rings. The van der Waals surface area contributed by atoms with Gasteiger partial charge in [-0.15, -0.1) is 11.3 Å². The molecule has 1 heterocycles. The van der Waals surface area contributed by atoms with Crippen molar-refractivity contribution in [3.63, 3.8) is 0 Å². The summed E-state index contributed by atoms with van der Waals surface area (Å²) in [6.45, 7) is 6.96. The summed E-state index contributed by atoms with van der Waals surface area (Å²) in [5, 5.41) is 2.82. The molecule has 0 bridgehead atoms. The maximum absolute atomic E-state index is 11.6. The lowest BCUT2D eigenvalue weighted by atomic mass is 10.3. The highest BCUT2D eigenvalue weighted by atomic mass is 32.1. The molecule has 6 heteroatoms. The largest absolute Gasteiger partial charge is 0.377 e. The van der Waals surface area contributed by atoms with E-state index in [4.69, 9.17) is 17.0 Å². The summed E-state index contributed by atoms with van der Waals surface area (Å²) in [4.78, 5) is 15.6. The number of ether oxygens (including phenoxy) is 1. The molecule has 1 aromatic rings. The molecule has 1 amide bonds. The van der Waals surface area contributed by atoms with Gasteiger partial charge in [-0.05, 0) is 33.0 Å². The fourth-order valence-corrected chi connectivity index (χ4v) is 2.59. The van der Waals surface area contributed by atoms with Crippen LogP contribution in [0.15, 0.2) is 0 Å². The Labute approximate surface area is 110 Å². The molecule has 1 aromatic heterocycles. The number of aromatic nitrogens is 1. The number of H-pyrrole nitrogens is 1. The summed E-state index contributed by atoms with van der Waals surface area (Å²) in [6, 6.07) is 0. The van der Waals surface area contributed by atoms with Gasteiger partial charge in [-0.25, -0.2) is 0 Å². The number of rotatable bonds is 6. The highest BCUT2D eigenvalue weighted by Gasteiger charge is 2.08. The van der Waals surface area contributed by atoms with E-state index in [1.54, 1.807) is 0 Å². The van der Waals surface area contributed by atoms with Crippen LogP contribution in [0.4, 0.5) is 0 Å². The maximum atomic E-state index is 11.6. The van der Waals surface area contributed by atoms with Crippen LogP contribution in [0.1, 0.15) is 24.4 Å². The number of aromatic amines is 1. The number of carbonyl (C=O) groups is 1. The van der Waals surface area contributed by atoms with Crippen molar-refractivity contribution in [3.8, 4) is 0 Å². The molecule has 0 aliphatic rings. The first-order valence-corrected chi connectivity index (χ1v) is 6.78. The van der Waals surface area contributed by atoms with Gasteiger partial charge in [0.1, 0.15) is 0 Å². The first-order chi connectivity index (χ1) is 7.99. The summed E-state index contributed by atoms with van der Waals surface area (Å²) in [5.74, 6) is 0.00528. The van der Waals surface area contributed by atoms with Crippen LogP contribution in [-0.4, -0.2) is 30.1 Å². The minimum atomic E-state index is 0.00528. The Balaban J connectivity index is 2.30. The van der Waals surface area contributed by atoms with Gasteiger partial charge in [0, 0.05) is 17.1 Å². The fraction of sp³-hybridized carbons (Fsp3) is 0.636. The van der Waals surface area contributed by atoms with E-state index in [0.29, 0.717) is 23.5 Å². The topological polar surface area (TPSA) is 54.1 Å². The molecule has 1 rings (SSSR count). The summed E-state index contributed by atoms with van der Waals surface area (Å²) in [7, 11) is 0. The predicted octanol–water partition coefficient (Wildman–Crippen LogP) is 2.20. The van der Waals surface area contributed by atoms with Crippen molar-refractivity contribution in [2.45, 2.75) is 33.3 Å². The first-order valence-electron chi connectivity index (χ1n) is 5.56. The van der Waals surface area contributed by atoms with E-state index >= 15 is 0 Å². The molecule has 0 unspecified atom stereocenters. The molecule has 96 valence electrons. The normalized spacial score (nSPS) is 10.8. The Hall–Kier alpha value is -0.720. The van der Waals surface area contributed by atoms with Crippen LogP contribution >= 0.6 is 23.6 Å². The number of carbonyl (C=O) groups excluding carboxylic acids is 1. The predicted molar refractivity (Wildman–Crippen MR) is 72.0 cm³/mol. The SMILES string of the molecule is Cc1[nH]c(=S)sc1CC(=O)NCCOC(C)C. The van der Waals surface area contributed by atoms with E-state index in [0.717, 1.165) is 10.6 Å². The zero-order chi connectivity index (χ0) is 12.8. The molecular formula is C11H18N2O2S2. The second kappa shape index (κ2) is 6.88. The Morgan fingerprint density at radius 2 is 2.29 bits per heavy atom. The van der Waals surface area contributed by atoms with Crippen molar-refractivity contribution in [2.75, 3.05) is 13.2 Å². The van der Waals surface area contributed by atoms with Crippen LogP contribution in [0.25, 0.3) is 0 Å². The number of hydrogen-bond acceptors (Lipinski definition) is 4. The van der Waals surface area contributed by atoms with Crippen molar-refractivity contribution in [1.29, 1.82) is 0 Å². The van der Waals surface area contributed by atoms with Crippen LogP contribution < -0.4 is 5.32 Å². The minimum Gasteiger partial charge on any atom is -0.377 e. The quantitative estimate of drug-likeness (QED) is 0.617. The summed E-state index contributed by atoms with van der Waals surface area (Å²) < 4.78 is 6.05. The zero-order valence-electron chi connectivity index (χ0n) is 10.3. The average molecular weight is 274 g/mol. The monoisotopic (exact) mass is 274 g/mol. The van der Waals surface area contributed by atoms with Crippen LogP contribution in [0, 0.1) is 10.9 Å². The maximum Gasteiger partial charge on any atom is 0.225 e. The molecule has 0 atom stereocenters. The highest BCUT2D eigenvalue weighted by molar-refractivity contribution is 7.73. The van der Waals surface area contributed by atoms with Crippen molar-refractivity contribution in [2.24, 2.45) is 0 Å². The van der Waals surface area contributed by atoms with E-state index in [1.165, 1.54) is 11.3 Å². The molecule has 0 aliphatic carbocycles. The van der Waals surface area contributed by atoms with Gasteiger partial charge < -0.3 is 15.0 Å². The molecule has 0 aromatic carbocycles. The minimum absolute atomic E-state index is 0.00528. The van der Waals surface area contributed by atoms with Gasteiger partial charge in [0.25, 0.3) is 0 Å². The van der Waals surface area contributed by atoms with Crippen molar-refractivity contribution < 1.29 is 9.53 Å². The van der Waals surface area contributed by atoms with Gasteiger partial charge in [-0.3, -0.25) is 4.79 Å². The molecule has 0 spiro atoms. The lowest BCUT2D eigenvalue weighted by Crippen LogP contribution is -2.29. The van der Waals surface area contributed by atoms with Gasteiger partial charge in [0.15, 0.2) is 3.95 Å². The van der Waals surface area contributed by atoms with Crippen molar-refractivity contribution in [3.05, 3.63) is 14.5 Å². The first kappa shape index (κ1) is 14.3. The van der Waals surface area contributed by atoms with E-state index in [-0.39, 0.29) is 12.0 Å². The summed E-state index contributed by atoms with van der Waals surface area (Å²) in [5.41, 5.74) is 0.980. The number of amides is 1. The average Bonchev–Trinajstić information content (AvgIpc) is 2.52. The van der Waals surface area contributed by atoms with Crippen LogP contribution in [0.5, 0.6) is 0 Å². The molecule has 0 saturated carbocycles. The highest BCUT2D eigenvalue weighted by Crippen LogP contribution is 2.14. The molecular weight excluding hydrogens is 256 g/mol. The second-order valence-corrected chi connectivity index (χ2v) is 5.78. The fourth-order valence-electron chi connectivity index (χ4n) is 1.30. The van der Waals surface area contributed by atoms with Gasteiger partial charge in [0.2, 0.25) is 5.91 Å². The molecule has 0 saturated heterocycles. The van der Waals surface area contributed by atoms with E-state index in [1.807, 2.05) is 20.8 Å². The Kier molecular flexibility index (Phi) is 5.80. The number of hydrogen-bond donors (Lipinski definition) is 2. The standard InChI is InChI=1S/C11H18N2O2S2/c1-7(2)15-5-4-12-10(14)6-9-8(3)13-11(16)17-9/h7H,4-6H2,1-3H3,(H,12,14)(H,13,16). The summed E-state index contributed by atoms with van der Waals surface area (Å²) >= 11 is 6.47. The van der Waals surface area contributed by atoms with Gasteiger partial charge in [0.05, 0.1) is 19.1 Å². The molecule has 0 aliphatic heterocycles. The van der Waals surface area contributed by atoms with E-state index < -0.39 is 0 Å². The molecule has 2 N–H and O–H groups in total. The van der Waals surface area contributed by atoms with Crippen LogP contribution in [0.3, 0.4) is 0 Å². The Morgan fingerprint density at radius 1 is 1.59 bits per heavy atom. The lowest BCUT2D eigenvalue weighted by molar-refractivity contribution is -0.120. The third-order valence-corrected chi connectivity index (χ3v) is 3.46. The molecule has 0 radical (unpaired) electrons.